The van der Waals surface area contributed by atoms with Crippen LogP contribution in [0.25, 0.3) is 0 Å². The van der Waals surface area contributed by atoms with Gasteiger partial charge in [-0.05, 0) is 34.6 Å². The van der Waals surface area contributed by atoms with Crippen LogP contribution in [0, 0.1) is 13.8 Å². The molecule has 16 heavy (non-hydrogen) atoms. The molecular formula is C12H22N2O2. The normalized spacial score (nSPS) is 10.4. The molecule has 0 N–H and O–H groups in total. The molecule has 0 amide bonds. The summed E-state index contributed by atoms with van der Waals surface area (Å²) in [4.78, 5) is 15.7. The molecule has 0 bridgehead atoms. The third kappa shape index (κ3) is 4.04. The van der Waals surface area contributed by atoms with Crippen LogP contribution in [0.3, 0.4) is 0 Å². The SMILES string of the molecule is CC.Cc1cnc(C)n1C(=O)OC(C)(C)C. The Morgan fingerprint density at radius 2 is 1.81 bits per heavy atom. The van der Waals surface area contributed by atoms with E-state index in [9.17, 15) is 4.79 Å². The molecule has 0 spiro atoms. The molecule has 1 aromatic heterocycles. The lowest BCUT2D eigenvalue weighted by Gasteiger charge is -2.20. The molecule has 0 unspecified atom stereocenters. The molecule has 0 aliphatic rings. The molecule has 4 heteroatoms. The second kappa shape index (κ2) is 5.68. The summed E-state index contributed by atoms with van der Waals surface area (Å²) in [6.45, 7) is 13.1. The Kier molecular flexibility index (Phi) is 5.21. The largest absolute Gasteiger partial charge is 0.443 e. The average Bonchev–Trinajstić information content (AvgIpc) is 2.46. The van der Waals surface area contributed by atoms with Crippen LogP contribution < -0.4 is 0 Å². The van der Waals surface area contributed by atoms with Gasteiger partial charge in [0.2, 0.25) is 0 Å². The van der Waals surface area contributed by atoms with E-state index >= 15 is 0 Å². The van der Waals surface area contributed by atoms with Gasteiger partial charge >= 0.3 is 6.09 Å². The summed E-state index contributed by atoms with van der Waals surface area (Å²) in [5, 5.41) is 0. The van der Waals surface area contributed by atoms with Gasteiger partial charge in [0.25, 0.3) is 0 Å². The lowest BCUT2D eigenvalue weighted by molar-refractivity contribution is 0.0530. The molecule has 0 aliphatic carbocycles. The number of hydrogen-bond donors (Lipinski definition) is 0. The second-order valence-electron chi connectivity index (χ2n) is 4.26. The number of ether oxygens (including phenoxy) is 1. The first kappa shape index (κ1) is 14.7. The Morgan fingerprint density at radius 1 is 1.31 bits per heavy atom. The summed E-state index contributed by atoms with van der Waals surface area (Å²) in [6, 6.07) is 0. The number of imidazole rings is 1. The van der Waals surface area contributed by atoms with Crippen LogP contribution in [0.15, 0.2) is 6.20 Å². The van der Waals surface area contributed by atoms with Crippen molar-refractivity contribution in [1.29, 1.82) is 0 Å². The maximum atomic E-state index is 11.7. The number of hydrogen-bond acceptors (Lipinski definition) is 3. The van der Waals surface area contributed by atoms with E-state index in [4.69, 9.17) is 4.74 Å². The highest BCUT2D eigenvalue weighted by Crippen LogP contribution is 2.11. The van der Waals surface area contributed by atoms with Crippen molar-refractivity contribution in [3.05, 3.63) is 17.7 Å². The van der Waals surface area contributed by atoms with Crippen molar-refractivity contribution >= 4 is 6.09 Å². The van der Waals surface area contributed by atoms with Crippen LogP contribution >= 0.6 is 0 Å². The van der Waals surface area contributed by atoms with Crippen LogP contribution in [-0.2, 0) is 4.74 Å². The van der Waals surface area contributed by atoms with Crippen LogP contribution in [0.4, 0.5) is 4.79 Å². The smallest absolute Gasteiger partial charge is 0.420 e. The topological polar surface area (TPSA) is 44.1 Å². The standard InChI is InChI=1S/C10H16N2O2.C2H6/c1-7-6-11-8(2)12(7)9(13)14-10(3,4)5;1-2/h6H,1-5H3;1-2H3. The fraction of sp³-hybridized carbons (Fsp3) is 0.667. The summed E-state index contributed by atoms with van der Waals surface area (Å²) in [7, 11) is 0. The number of aryl methyl sites for hydroxylation is 2. The number of rotatable bonds is 0. The zero-order valence-corrected chi connectivity index (χ0v) is 11.3. The van der Waals surface area contributed by atoms with Crippen molar-refractivity contribution in [2.75, 3.05) is 0 Å². The van der Waals surface area contributed by atoms with Gasteiger partial charge < -0.3 is 4.74 Å². The molecule has 0 atom stereocenters. The second-order valence-corrected chi connectivity index (χ2v) is 4.26. The van der Waals surface area contributed by atoms with Gasteiger partial charge in [-0.25, -0.2) is 14.3 Å². The zero-order chi connectivity index (χ0) is 12.9. The van der Waals surface area contributed by atoms with E-state index in [-0.39, 0.29) is 6.09 Å². The summed E-state index contributed by atoms with van der Waals surface area (Å²) >= 11 is 0. The molecule has 0 saturated carbocycles. The molecule has 0 fully saturated rings. The third-order valence-corrected chi connectivity index (χ3v) is 1.69. The minimum Gasteiger partial charge on any atom is -0.443 e. The Hall–Kier alpha value is -1.32. The molecule has 1 heterocycles. The van der Waals surface area contributed by atoms with Crippen molar-refractivity contribution in [1.82, 2.24) is 9.55 Å². The summed E-state index contributed by atoms with van der Waals surface area (Å²) < 4.78 is 6.69. The molecule has 0 radical (unpaired) electrons. The Bertz CT molecular complexity index is 329. The van der Waals surface area contributed by atoms with Gasteiger partial charge in [-0.3, -0.25) is 0 Å². The van der Waals surface area contributed by atoms with E-state index < -0.39 is 5.60 Å². The molecule has 0 aliphatic heterocycles. The van der Waals surface area contributed by atoms with Crippen molar-refractivity contribution in [2.45, 2.75) is 54.1 Å². The number of carbonyl (C=O) groups excluding carboxylic acids is 1. The van der Waals surface area contributed by atoms with Gasteiger partial charge in [-0.1, -0.05) is 13.8 Å². The highest BCUT2D eigenvalue weighted by atomic mass is 16.6. The van der Waals surface area contributed by atoms with Crippen molar-refractivity contribution in [3.8, 4) is 0 Å². The molecule has 1 aromatic rings. The number of nitrogens with zero attached hydrogens (tertiary/aromatic N) is 2. The minimum atomic E-state index is -0.472. The van der Waals surface area contributed by atoms with Gasteiger partial charge in [-0.15, -0.1) is 0 Å². The van der Waals surface area contributed by atoms with Crippen LogP contribution in [0.1, 0.15) is 46.1 Å². The predicted molar refractivity (Wildman–Crippen MR) is 64.7 cm³/mol. The first-order chi connectivity index (χ1) is 7.31. The van der Waals surface area contributed by atoms with Gasteiger partial charge in [0, 0.05) is 11.9 Å². The maximum absolute atomic E-state index is 11.7. The lowest BCUT2D eigenvalue weighted by Crippen LogP contribution is -2.28. The van der Waals surface area contributed by atoms with Gasteiger partial charge in [0.15, 0.2) is 0 Å². The van der Waals surface area contributed by atoms with E-state index in [1.807, 2.05) is 41.5 Å². The van der Waals surface area contributed by atoms with E-state index in [0.29, 0.717) is 5.82 Å². The van der Waals surface area contributed by atoms with Crippen molar-refractivity contribution < 1.29 is 9.53 Å². The minimum absolute atomic E-state index is 0.370. The van der Waals surface area contributed by atoms with E-state index in [1.54, 1.807) is 13.1 Å². The first-order valence-corrected chi connectivity index (χ1v) is 5.55. The van der Waals surface area contributed by atoms with Crippen molar-refractivity contribution in [2.24, 2.45) is 0 Å². The Balaban J connectivity index is 0.00000106. The van der Waals surface area contributed by atoms with Gasteiger partial charge in [0.05, 0.1) is 0 Å². The molecule has 0 aromatic carbocycles. The van der Waals surface area contributed by atoms with E-state index in [2.05, 4.69) is 4.98 Å². The summed E-state index contributed by atoms with van der Waals surface area (Å²) in [5.41, 5.74) is 0.317. The number of aromatic nitrogens is 2. The van der Waals surface area contributed by atoms with E-state index in [0.717, 1.165) is 5.69 Å². The monoisotopic (exact) mass is 226 g/mol. The van der Waals surface area contributed by atoms with Crippen LogP contribution in [0.5, 0.6) is 0 Å². The summed E-state index contributed by atoms with van der Waals surface area (Å²) in [5.74, 6) is 0.650. The van der Waals surface area contributed by atoms with Gasteiger partial charge in [0.1, 0.15) is 11.4 Å². The lowest BCUT2D eigenvalue weighted by atomic mass is 10.2. The van der Waals surface area contributed by atoms with Gasteiger partial charge in [-0.2, -0.15) is 0 Å². The highest BCUT2D eigenvalue weighted by Gasteiger charge is 2.20. The highest BCUT2D eigenvalue weighted by molar-refractivity contribution is 5.72. The Morgan fingerprint density at radius 3 is 2.12 bits per heavy atom. The first-order valence-electron chi connectivity index (χ1n) is 5.55. The summed E-state index contributed by atoms with van der Waals surface area (Å²) in [6.07, 6.45) is 1.28. The fourth-order valence-electron chi connectivity index (χ4n) is 1.14. The Labute approximate surface area is 97.6 Å². The van der Waals surface area contributed by atoms with Crippen molar-refractivity contribution in [3.63, 3.8) is 0 Å². The molecule has 0 saturated heterocycles. The predicted octanol–water partition coefficient (Wildman–Crippen LogP) is 3.31. The quantitative estimate of drug-likeness (QED) is 0.681. The third-order valence-electron chi connectivity index (χ3n) is 1.69. The molecule has 1 rings (SSSR count). The maximum Gasteiger partial charge on any atom is 0.420 e. The number of carbonyl (C=O) groups is 1. The van der Waals surface area contributed by atoms with Crippen LogP contribution in [0.2, 0.25) is 0 Å². The molecule has 4 nitrogen and oxygen atoms in total. The van der Waals surface area contributed by atoms with Crippen LogP contribution in [-0.4, -0.2) is 21.2 Å². The zero-order valence-electron chi connectivity index (χ0n) is 11.3. The molecular weight excluding hydrogens is 204 g/mol. The fourth-order valence-corrected chi connectivity index (χ4v) is 1.14. The molecule has 92 valence electrons. The van der Waals surface area contributed by atoms with E-state index in [1.165, 1.54) is 4.57 Å². The average molecular weight is 226 g/mol.